The van der Waals surface area contributed by atoms with Crippen molar-refractivity contribution in [3.8, 4) is 5.75 Å². The number of nitrogens with one attached hydrogen (secondary N) is 1. The van der Waals surface area contributed by atoms with E-state index in [0.29, 0.717) is 16.9 Å². The lowest BCUT2D eigenvalue weighted by Crippen LogP contribution is -2.17. The second kappa shape index (κ2) is 8.48. The lowest BCUT2D eigenvalue weighted by molar-refractivity contribution is 0.0954. The predicted octanol–water partition coefficient (Wildman–Crippen LogP) is 4.71. The van der Waals surface area contributed by atoms with Crippen LogP contribution in [0.15, 0.2) is 88.1 Å². The van der Waals surface area contributed by atoms with E-state index in [1.165, 1.54) is 30.5 Å². The van der Waals surface area contributed by atoms with Crippen LogP contribution in [0.2, 0.25) is 0 Å². The summed E-state index contributed by atoms with van der Waals surface area (Å²) < 4.78 is 13.1. The van der Waals surface area contributed by atoms with E-state index in [1.54, 1.807) is 12.1 Å². The average molecular weight is 362 g/mol. The highest BCUT2D eigenvalue weighted by molar-refractivity contribution is 5.95. The molecule has 3 rings (SSSR count). The number of hydrogen-bond acceptors (Lipinski definition) is 5. The van der Waals surface area contributed by atoms with Gasteiger partial charge in [-0.15, -0.1) is 0 Å². The Hall–Kier alpha value is -3.87. The highest BCUT2D eigenvalue weighted by Crippen LogP contribution is 2.23. The second-order valence-corrected chi connectivity index (χ2v) is 5.49. The van der Waals surface area contributed by atoms with E-state index in [2.05, 4.69) is 20.8 Å². The van der Waals surface area contributed by atoms with Crippen molar-refractivity contribution >= 4 is 23.5 Å². The van der Waals surface area contributed by atoms with Crippen LogP contribution in [0.1, 0.15) is 15.9 Å². The number of nitrogens with zero attached hydrogens (tertiary/aromatic N) is 3. The quantitative estimate of drug-likeness (QED) is 0.391. The Morgan fingerprint density at radius 1 is 0.926 bits per heavy atom. The molecule has 7 heteroatoms. The van der Waals surface area contributed by atoms with Crippen molar-refractivity contribution in [3.63, 3.8) is 0 Å². The fourth-order valence-electron chi connectivity index (χ4n) is 2.17. The third-order valence-corrected chi connectivity index (χ3v) is 3.50. The molecule has 0 saturated heterocycles. The molecule has 134 valence electrons. The highest BCUT2D eigenvalue weighted by atomic mass is 19.1. The van der Waals surface area contributed by atoms with E-state index in [-0.39, 0.29) is 11.3 Å². The van der Waals surface area contributed by atoms with Crippen LogP contribution in [-0.4, -0.2) is 17.2 Å². The summed E-state index contributed by atoms with van der Waals surface area (Å²) in [4.78, 5) is 11.9. The first-order valence-electron chi connectivity index (χ1n) is 8.00. The molecule has 0 aromatic heterocycles. The molecule has 3 aromatic carbocycles. The minimum Gasteiger partial charge on any atom is -0.507 e. The topological polar surface area (TPSA) is 86.4 Å². The minimum atomic E-state index is -0.565. The number of azo groups is 1. The zero-order valence-electron chi connectivity index (χ0n) is 14.1. The van der Waals surface area contributed by atoms with Crippen molar-refractivity contribution in [2.75, 3.05) is 0 Å². The van der Waals surface area contributed by atoms with E-state index >= 15 is 0 Å². The van der Waals surface area contributed by atoms with Gasteiger partial charge in [-0.3, -0.25) is 4.79 Å². The van der Waals surface area contributed by atoms with Crippen molar-refractivity contribution in [3.05, 3.63) is 89.7 Å². The zero-order chi connectivity index (χ0) is 19.1. The molecule has 0 radical (unpaired) electrons. The van der Waals surface area contributed by atoms with Crippen LogP contribution in [0.3, 0.4) is 0 Å². The number of aromatic hydroxyl groups is 1. The average Bonchev–Trinajstić information content (AvgIpc) is 2.69. The Labute approximate surface area is 154 Å². The molecule has 2 N–H and O–H groups in total. The number of amides is 1. The summed E-state index contributed by atoms with van der Waals surface area (Å²) >= 11 is 0. The van der Waals surface area contributed by atoms with Gasteiger partial charge in [0, 0.05) is 11.1 Å². The van der Waals surface area contributed by atoms with Gasteiger partial charge in [0.05, 0.1) is 17.6 Å². The van der Waals surface area contributed by atoms with Crippen molar-refractivity contribution in [2.45, 2.75) is 0 Å². The molecule has 0 aliphatic carbocycles. The fraction of sp³-hybridized carbons (Fsp3) is 0. The van der Waals surface area contributed by atoms with Crippen LogP contribution in [0.5, 0.6) is 5.75 Å². The van der Waals surface area contributed by atoms with E-state index in [0.717, 1.165) is 6.07 Å². The summed E-state index contributed by atoms with van der Waals surface area (Å²) in [6.07, 6.45) is 1.27. The summed E-state index contributed by atoms with van der Waals surface area (Å²) in [6.45, 7) is 0. The van der Waals surface area contributed by atoms with Gasteiger partial charge in [-0.25, -0.2) is 9.82 Å². The van der Waals surface area contributed by atoms with Crippen molar-refractivity contribution < 1.29 is 14.3 Å². The lowest BCUT2D eigenvalue weighted by Gasteiger charge is -2.02. The van der Waals surface area contributed by atoms with E-state index < -0.39 is 11.7 Å². The predicted molar refractivity (Wildman–Crippen MR) is 100 cm³/mol. The Kier molecular flexibility index (Phi) is 5.64. The van der Waals surface area contributed by atoms with Gasteiger partial charge in [-0.1, -0.05) is 24.3 Å². The van der Waals surface area contributed by atoms with Crippen LogP contribution in [0, 0.1) is 5.82 Å². The van der Waals surface area contributed by atoms with E-state index in [4.69, 9.17) is 0 Å². The maximum Gasteiger partial charge on any atom is 0.271 e. The number of hydrazone groups is 1. The Morgan fingerprint density at radius 3 is 2.48 bits per heavy atom. The molecule has 0 aliphatic heterocycles. The van der Waals surface area contributed by atoms with Crippen LogP contribution < -0.4 is 5.43 Å². The summed E-state index contributed by atoms with van der Waals surface area (Å²) in [5.74, 6) is -1.11. The number of hydrogen-bond donors (Lipinski definition) is 2. The molecular formula is C20H15FN4O2. The van der Waals surface area contributed by atoms with Crippen molar-refractivity contribution in [1.82, 2.24) is 5.43 Å². The molecular weight excluding hydrogens is 347 g/mol. The number of benzene rings is 3. The van der Waals surface area contributed by atoms with Crippen LogP contribution in [0.25, 0.3) is 0 Å². The summed E-state index contributed by atoms with van der Waals surface area (Å²) in [6, 6.07) is 19.1. The number of rotatable bonds is 5. The smallest absolute Gasteiger partial charge is 0.271 e. The molecule has 0 spiro atoms. The highest BCUT2D eigenvalue weighted by Gasteiger charge is 2.05. The zero-order valence-corrected chi connectivity index (χ0v) is 14.1. The van der Waals surface area contributed by atoms with Gasteiger partial charge in [0.25, 0.3) is 5.91 Å². The van der Waals surface area contributed by atoms with Gasteiger partial charge in [0.15, 0.2) is 0 Å². The van der Waals surface area contributed by atoms with Gasteiger partial charge in [0.1, 0.15) is 11.6 Å². The molecule has 0 bridgehead atoms. The standard InChI is InChI=1S/C20H15FN4O2/c21-16-6-4-5-14(11-16)20(27)25-22-13-15-12-18(9-10-19(15)26)24-23-17-7-2-1-3-8-17/h1-13,26H,(H,25,27)/b22-13-,24-23?. The first kappa shape index (κ1) is 17.9. The summed E-state index contributed by atoms with van der Waals surface area (Å²) in [5.41, 5.74) is 3.97. The number of phenolic OH excluding ortho intramolecular Hbond substituents is 1. The van der Waals surface area contributed by atoms with Crippen LogP contribution >= 0.6 is 0 Å². The molecule has 3 aromatic rings. The van der Waals surface area contributed by atoms with Gasteiger partial charge in [-0.2, -0.15) is 15.3 Å². The molecule has 27 heavy (non-hydrogen) atoms. The maximum atomic E-state index is 13.1. The number of halogens is 1. The minimum absolute atomic E-state index is 0.0302. The Morgan fingerprint density at radius 2 is 1.70 bits per heavy atom. The second-order valence-electron chi connectivity index (χ2n) is 5.49. The number of phenols is 1. The third kappa shape index (κ3) is 5.05. The number of carbonyl (C=O) groups is 1. The third-order valence-electron chi connectivity index (χ3n) is 3.50. The summed E-state index contributed by atoms with van der Waals surface area (Å²) in [7, 11) is 0. The van der Waals surface area contributed by atoms with Gasteiger partial charge in [-0.05, 0) is 48.5 Å². The first-order valence-corrected chi connectivity index (χ1v) is 8.00. The fourth-order valence-corrected chi connectivity index (χ4v) is 2.17. The van der Waals surface area contributed by atoms with Gasteiger partial charge >= 0.3 is 0 Å². The normalized spacial score (nSPS) is 11.1. The summed E-state index contributed by atoms with van der Waals surface area (Å²) in [5, 5.41) is 21.9. The molecule has 0 saturated carbocycles. The van der Waals surface area contributed by atoms with Gasteiger partial charge in [0.2, 0.25) is 0 Å². The van der Waals surface area contributed by atoms with Crippen LogP contribution in [0.4, 0.5) is 15.8 Å². The van der Waals surface area contributed by atoms with Crippen LogP contribution in [-0.2, 0) is 0 Å². The largest absolute Gasteiger partial charge is 0.507 e. The SMILES string of the molecule is O=C(N/N=C\c1cc(N=Nc2ccccc2)ccc1O)c1cccc(F)c1. The monoisotopic (exact) mass is 362 g/mol. The maximum absolute atomic E-state index is 13.1. The molecule has 0 atom stereocenters. The van der Waals surface area contributed by atoms with Gasteiger partial charge < -0.3 is 5.11 Å². The molecule has 0 fully saturated rings. The van der Waals surface area contributed by atoms with Crippen molar-refractivity contribution in [2.24, 2.45) is 15.3 Å². The number of carbonyl (C=O) groups excluding carboxylic acids is 1. The van der Waals surface area contributed by atoms with Crippen molar-refractivity contribution in [1.29, 1.82) is 0 Å². The molecule has 0 aliphatic rings. The Balaban J connectivity index is 1.70. The lowest BCUT2D eigenvalue weighted by atomic mass is 10.2. The van der Waals surface area contributed by atoms with E-state index in [9.17, 15) is 14.3 Å². The van der Waals surface area contributed by atoms with E-state index in [1.807, 2.05) is 30.3 Å². The molecule has 0 unspecified atom stereocenters. The molecule has 6 nitrogen and oxygen atoms in total. The molecule has 1 amide bonds. The first-order chi connectivity index (χ1) is 13.1. The Bertz CT molecular complexity index is 1000. The molecule has 0 heterocycles.